The molecule has 0 aliphatic carbocycles. The highest BCUT2D eigenvalue weighted by Gasteiger charge is 2.23. The fourth-order valence-corrected chi connectivity index (χ4v) is 1.26. The molecule has 4 N–H and O–H groups in total. The summed E-state index contributed by atoms with van der Waals surface area (Å²) in [5.41, 5.74) is 4.32. The summed E-state index contributed by atoms with van der Waals surface area (Å²) in [6.45, 7) is 0. The number of carbonyl (C=O) groups excluding carboxylic acids is 2. The van der Waals surface area contributed by atoms with Crippen LogP contribution in [0.5, 0.6) is 0 Å². The maximum absolute atomic E-state index is 11.7. The molecule has 0 bridgehead atoms. The Hall–Kier alpha value is -2.71. The van der Waals surface area contributed by atoms with E-state index >= 15 is 0 Å². The van der Waals surface area contributed by atoms with Gasteiger partial charge in [0.25, 0.3) is 11.5 Å². The zero-order chi connectivity index (χ0) is 14.6. The van der Waals surface area contributed by atoms with Gasteiger partial charge in [0.1, 0.15) is 11.7 Å². The van der Waals surface area contributed by atoms with Gasteiger partial charge in [-0.2, -0.15) is 5.10 Å². The number of rotatable bonds is 5. The van der Waals surface area contributed by atoms with E-state index in [-0.39, 0.29) is 5.69 Å². The number of amides is 2. The maximum atomic E-state index is 11.7. The molecule has 2 amide bonds. The van der Waals surface area contributed by atoms with Crippen LogP contribution < -0.4 is 16.6 Å². The highest BCUT2D eigenvalue weighted by molar-refractivity contribution is 5.96. The van der Waals surface area contributed by atoms with E-state index in [1.54, 1.807) is 0 Å². The molecule has 1 rings (SSSR count). The molecule has 1 unspecified atom stereocenters. The lowest BCUT2D eigenvalue weighted by Gasteiger charge is -2.12. The van der Waals surface area contributed by atoms with Gasteiger partial charge in [0, 0.05) is 13.1 Å². The van der Waals surface area contributed by atoms with Crippen molar-refractivity contribution in [1.29, 1.82) is 0 Å². The lowest BCUT2D eigenvalue weighted by atomic mass is 10.2. The van der Waals surface area contributed by atoms with E-state index in [1.165, 1.54) is 7.05 Å². The molecule has 0 fully saturated rings. The molecule has 9 nitrogen and oxygen atoms in total. The number of carboxylic acids is 1. The van der Waals surface area contributed by atoms with Gasteiger partial charge in [-0.05, 0) is 6.07 Å². The highest BCUT2D eigenvalue weighted by Crippen LogP contribution is 1.96. The minimum absolute atomic E-state index is 0.141. The van der Waals surface area contributed by atoms with Crippen molar-refractivity contribution >= 4 is 17.8 Å². The number of nitrogens with two attached hydrogens (primary N) is 1. The topological polar surface area (TPSA) is 144 Å². The molecule has 0 spiro atoms. The van der Waals surface area contributed by atoms with Gasteiger partial charge in [-0.3, -0.25) is 14.4 Å². The molecule has 19 heavy (non-hydrogen) atoms. The summed E-state index contributed by atoms with van der Waals surface area (Å²) in [6.07, 6.45) is -0.535. The van der Waals surface area contributed by atoms with Crippen LogP contribution in [0.15, 0.2) is 16.9 Å². The van der Waals surface area contributed by atoms with E-state index in [0.29, 0.717) is 0 Å². The predicted octanol–water partition coefficient (Wildman–Crippen LogP) is -2.16. The van der Waals surface area contributed by atoms with Crippen molar-refractivity contribution in [3.63, 3.8) is 0 Å². The second kappa shape index (κ2) is 5.76. The van der Waals surface area contributed by atoms with Gasteiger partial charge in [0.15, 0.2) is 0 Å². The van der Waals surface area contributed by atoms with Gasteiger partial charge in [0.2, 0.25) is 5.91 Å². The molecule has 0 saturated heterocycles. The first-order valence-corrected chi connectivity index (χ1v) is 5.17. The number of hydrogen-bond donors (Lipinski definition) is 3. The van der Waals surface area contributed by atoms with Gasteiger partial charge < -0.3 is 16.2 Å². The summed E-state index contributed by atoms with van der Waals surface area (Å²) in [5, 5.41) is 14.6. The minimum atomic E-state index is -1.44. The first kappa shape index (κ1) is 14.4. The van der Waals surface area contributed by atoms with Crippen LogP contribution >= 0.6 is 0 Å². The molecule has 0 aromatic carbocycles. The number of carboxylic acid groups (broad SMARTS) is 1. The average Bonchev–Trinajstić information content (AvgIpc) is 2.31. The van der Waals surface area contributed by atoms with Crippen molar-refractivity contribution in [2.75, 3.05) is 0 Å². The molecule has 0 radical (unpaired) electrons. The fourth-order valence-electron chi connectivity index (χ4n) is 1.26. The number of nitrogens with one attached hydrogen (secondary N) is 1. The van der Waals surface area contributed by atoms with Crippen LogP contribution in [0.2, 0.25) is 0 Å². The zero-order valence-corrected chi connectivity index (χ0v) is 9.99. The molecule has 102 valence electrons. The van der Waals surface area contributed by atoms with Gasteiger partial charge in [0.05, 0.1) is 6.42 Å². The summed E-state index contributed by atoms with van der Waals surface area (Å²) < 4.78 is 0.929. The molecule has 9 heteroatoms. The second-order valence-electron chi connectivity index (χ2n) is 3.72. The summed E-state index contributed by atoms with van der Waals surface area (Å²) in [4.78, 5) is 44.3. The predicted molar refractivity (Wildman–Crippen MR) is 62.2 cm³/mol. The van der Waals surface area contributed by atoms with Crippen LogP contribution in [0, 0.1) is 0 Å². The number of hydrogen-bond acceptors (Lipinski definition) is 5. The van der Waals surface area contributed by atoms with E-state index in [1.807, 2.05) is 0 Å². The number of primary amides is 1. The summed E-state index contributed by atoms with van der Waals surface area (Å²) >= 11 is 0. The number of carbonyl (C=O) groups is 3. The van der Waals surface area contributed by atoms with Crippen LogP contribution in [0.3, 0.4) is 0 Å². The van der Waals surface area contributed by atoms with Gasteiger partial charge >= 0.3 is 5.97 Å². The fraction of sp³-hybridized carbons (Fsp3) is 0.300. The average molecular weight is 268 g/mol. The SMILES string of the molecule is Cn1nc(C(=O)NC(CC(N)=O)C(=O)O)ccc1=O. The minimum Gasteiger partial charge on any atom is -0.480 e. The van der Waals surface area contributed by atoms with Crippen molar-refractivity contribution in [3.8, 4) is 0 Å². The molecule has 0 aliphatic heterocycles. The Bertz CT molecular complexity index is 580. The third-order valence-corrected chi connectivity index (χ3v) is 2.20. The van der Waals surface area contributed by atoms with Crippen molar-refractivity contribution in [2.24, 2.45) is 12.8 Å². The smallest absolute Gasteiger partial charge is 0.326 e. The third-order valence-electron chi connectivity index (χ3n) is 2.20. The molecular weight excluding hydrogens is 256 g/mol. The number of aryl methyl sites for hydroxylation is 1. The van der Waals surface area contributed by atoms with Crippen LogP contribution in [0.25, 0.3) is 0 Å². The first-order chi connectivity index (χ1) is 8.81. The van der Waals surface area contributed by atoms with Crippen molar-refractivity contribution < 1.29 is 19.5 Å². The van der Waals surface area contributed by atoms with Crippen molar-refractivity contribution in [2.45, 2.75) is 12.5 Å². The van der Waals surface area contributed by atoms with E-state index in [9.17, 15) is 19.2 Å². The van der Waals surface area contributed by atoms with Crippen LogP contribution in [-0.2, 0) is 16.6 Å². The highest BCUT2D eigenvalue weighted by atomic mass is 16.4. The monoisotopic (exact) mass is 268 g/mol. The molecule has 1 atom stereocenters. The molecule has 1 heterocycles. The van der Waals surface area contributed by atoms with Gasteiger partial charge in [-0.15, -0.1) is 0 Å². The summed E-state index contributed by atoms with van der Waals surface area (Å²) in [5.74, 6) is -3.07. The number of nitrogens with zero attached hydrogens (tertiary/aromatic N) is 2. The Morgan fingerprint density at radius 1 is 1.47 bits per heavy atom. The zero-order valence-electron chi connectivity index (χ0n) is 9.99. The Labute approximate surface area is 107 Å². The Balaban J connectivity index is 2.87. The van der Waals surface area contributed by atoms with Crippen LogP contribution in [0.4, 0.5) is 0 Å². The lowest BCUT2D eigenvalue weighted by molar-refractivity contribution is -0.140. The van der Waals surface area contributed by atoms with Crippen molar-refractivity contribution in [3.05, 3.63) is 28.2 Å². The quantitative estimate of drug-likeness (QED) is 0.554. The first-order valence-electron chi connectivity index (χ1n) is 5.17. The molecule has 0 aliphatic rings. The standard InChI is InChI=1S/C10H12N4O5/c1-14-8(16)3-2-5(13-14)9(17)12-6(10(18)19)4-7(11)15/h2-3,6H,4H2,1H3,(H2,11,15)(H,12,17)(H,18,19). The van der Waals surface area contributed by atoms with E-state index in [0.717, 1.165) is 16.8 Å². The summed E-state index contributed by atoms with van der Waals surface area (Å²) in [7, 11) is 1.34. The molecular formula is C10H12N4O5. The van der Waals surface area contributed by atoms with Gasteiger partial charge in [-0.25, -0.2) is 9.48 Å². The summed E-state index contributed by atoms with van der Waals surface area (Å²) in [6, 6.07) is 0.830. The number of aromatic nitrogens is 2. The Kier molecular flexibility index (Phi) is 4.35. The number of aliphatic carboxylic acids is 1. The Morgan fingerprint density at radius 3 is 2.58 bits per heavy atom. The normalized spacial score (nSPS) is 11.6. The van der Waals surface area contributed by atoms with Crippen LogP contribution in [-0.4, -0.2) is 38.7 Å². The second-order valence-corrected chi connectivity index (χ2v) is 3.72. The van der Waals surface area contributed by atoms with E-state index in [4.69, 9.17) is 10.8 Å². The van der Waals surface area contributed by atoms with Crippen LogP contribution in [0.1, 0.15) is 16.9 Å². The van der Waals surface area contributed by atoms with Gasteiger partial charge in [-0.1, -0.05) is 0 Å². The molecule has 1 aromatic heterocycles. The maximum Gasteiger partial charge on any atom is 0.326 e. The largest absolute Gasteiger partial charge is 0.480 e. The van der Waals surface area contributed by atoms with E-state index < -0.39 is 35.8 Å². The lowest BCUT2D eigenvalue weighted by Crippen LogP contribution is -2.44. The van der Waals surface area contributed by atoms with E-state index in [2.05, 4.69) is 10.4 Å². The molecule has 0 saturated carbocycles. The third kappa shape index (κ3) is 3.91. The molecule has 1 aromatic rings. The van der Waals surface area contributed by atoms with Crippen molar-refractivity contribution in [1.82, 2.24) is 15.1 Å². The Morgan fingerprint density at radius 2 is 2.11 bits per heavy atom.